The summed E-state index contributed by atoms with van der Waals surface area (Å²) in [7, 11) is 2.40. The predicted octanol–water partition coefficient (Wildman–Crippen LogP) is 3.40. The van der Waals surface area contributed by atoms with Gasteiger partial charge in [-0.3, -0.25) is 0 Å². The summed E-state index contributed by atoms with van der Waals surface area (Å²) in [5.74, 6) is 4.10. The number of hydrogen-bond acceptors (Lipinski definition) is 1. The second kappa shape index (κ2) is 2.92. The van der Waals surface area contributed by atoms with E-state index < -0.39 is 0 Å². The van der Waals surface area contributed by atoms with Crippen molar-refractivity contribution in [1.29, 1.82) is 0 Å². The zero-order valence-corrected chi connectivity index (χ0v) is 11.9. The first-order valence-electron chi connectivity index (χ1n) is 7.75. The highest BCUT2D eigenvalue weighted by Gasteiger charge is 2.87. The summed E-state index contributed by atoms with van der Waals surface area (Å²) in [4.78, 5) is 2.73. The first kappa shape index (κ1) is 10.8. The van der Waals surface area contributed by atoms with Crippen molar-refractivity contribution < 1.29 is 0 Å². The Labute approximate surface area is 106 Å². The Morgan fingerprint density at radius 3 is 2.59 bits per heavy atom. The van der Waals surface area contributed by atoms with Crippen LogP contribution < -0.4 is 0 Å². The number of hydrogen-bond donors (Lipinski definition) is 0. The Kier molecular flexibility index (Phi) is 1.86. The fraction of sp³-hybridized carbons (Fsp3) is 1.00. The molecule has 1 aliphatic heterocycles. The van der Waals surface area contributed by atoms with E-state index in [-0.39, 0.29) is 0 Å². The van der Waals surface area contributed by atoms with Gasteiger partial charge < -0.3 is 4.90 Å². The van der Waals surface area contributed by atoms with Gasteiger partial charge in [0.05, 0.1) is 0 Å². The van der Waals surface area contributed by atoms with Crippen LogP contribution in [0.5, 0.6) is 0 Å². The van der Waals surface area contributed by atoms with Gasteiger partial charge in [-0.1, -0.05) is 20.8 Å². The van der Waals surface area contributed by atoms with Crippen molar-refractivity contribution >= 4 is 0 Å². The minimum absolute atomic E-state index is 0.684. The van der Waals surface area contributed by atoms with Gasteiger partial charge in [-0.2, -0.15) is 0 Å². The minimum atomic E-state index is 0.684. The van der Waals surface area contributed by atoms with E-state index in [0.29, 0.717) is 5.41 Å². The van der Waals surface area contributed by atoms with Crippen molar-refractivity contribution in [3.05, 3.63) is 0 Å². The maximum atomic E-state index is 2.73. The number of nitrogens with zero attached hydrogens (tertiary/aromatic N) is 1. The number of likely N-dealkylation sites (tertiary alicyclic amines) is 1. The molecule has 0 amide bonds. The van der Waals surface area contributed by atoms with Gasteiger partial charge in [-0.25, -0.2) is 0 Å². The van der Waals surface area contributed by atoms with Crippen LogP contribution in [0.3, 0.4) is 0 Å². The monoisotopic (exact) mass is 233 g/mol. The molecule has 0 N–H and O–H groups in total. The summed E-state index contributed by atoms with van der Waals surface area (Å²) < 4.78 is 0. The second-order valence-electron chi connectivity index (χ2n) is 7.92. The molecule has 1 nitrogen and oxygen atoms in total. The van der Waals surface area contributed by atoms with Gasteiger partial charge in [0.15, 0.2) is 0 Å². The van der Waals surface area contributed by atoms with Crippen LogP contribution in [0.25, 0.3) is 0 Å². The lowest BCUT2D eigenvalue weighted by Gasteiger charge is -2.46. The Morgan fingerprint density at radius 1 is 1.24 bits per heavy atom. The van der Waals surface area contributed by atoms with Crippen LogP contribution in [0.2, 0.25) is 0 Å². The van der Waals surface area contributed by atoms with Crippen LogP contribution >= 0.6 is 0 Å². The lowest BCUT2D eigenvalue weighted by Crippen LogP contribution is -2.48. The van der Waals surface area contributed by atoms with E-state index in [4.69, 9.17) is 0 Å². The zero-order valence-electron chi connectivity index (χ0n) is 11.9. The van der Waals surface area contributed by atoms with Crippen LogP contribution in [0, 0.1) is 34.5 Å². The van der Waals surface area contributed by atoms with Crippen LogP contribution in [-0.4, -0.2) is 24.5 Å². The molecule has 0 aromatic carbocycles. The maximum absolute atomic E-state index is 2.73. The molecule has 4 rings (SSSR count). The van der Waals surface area contributed by atoms with Crippen LogP contribution in [-0.2, 0) is 0 Å². The Balaban J connectivity index is 1.76. The Hall–Kier alpha value is -0.0400. The summed E-state index contributed by atoms with van der Waals surface area (Å²) in [5, 5.41) is 0. The number of piperidine rings is 1. The molecule has 0 aromatic rings. The van der Waals surface area contributed by atoms with Crippen LogP contribution in [0.1, 0.15) is 46.5 Å². The molecular formula is C16H27N. The predicted molar refractivity (Wildman–Crippen MR) is 70.7 cm³/mol. The van der Waals surface area contributed by atoms with E-state index in [0.717, 1.165) is 35.1 Å². The van der Waals surface area contributed by atoms with E-state index in [9.17, 15) is 0 Å². The van der Waals surface area contributed by atoms with Gasteiger partial charge in [0.25, 0.3) is 0 Å². The van der Waals surface area contributed by atoms with Gasteiger partial charge in [0.1, 0.15) is 0 Å². The third-order valence-electron chi connectivity index (χ3n) is 7.38. The van der Waals surface area contributed by atoms with Gasteiger partial charge >= 0.3 is 0 Å². The third-order valence-corrected chi connectivity index (χ3v) is 7.38. The first-order chi connectivity index (χ1) is 8.05. The van der Waals surface area contributed by atoms with Crippen molar-refractivity contribution in [3.8, 4) is 0 Å². The standard InChI is InChI=1S/C16H27N/c1-10(2)13-15(3)14-11(6-5-9-17(14)4)12-7-8-16(12,13)15/h10-14H,5-9H2,1-4H3/t11?,12?,13?,14?,15?,16-/m1/s1. The lowest BCUT2D eigenvalue weighted by atomic mass is 9.63. The average Bonchev–Trinajstić information content (AvgIpc) is 2.76. The first-order valence-corrected chi connectivity index (χ1v) is 7.75. The maximum Gasteiger partial charge on any atom is 0.0186 e. The third kappa shape index (κ3) is 0.895. The van der Waals surface area contributed by atoms with Crippen molar-refractivity contribution in [2.75, 3.05) is 13.6 Å². The van der Waals surface area contributed by atoms with E-state index >= 15 is 0 Å². The summed E-state index contributed by atoms with van der Waals surface area (Å²) in [6, 6.07) is 0.927. The van der Waals surface area contributed by atoms with Gasteiger partial charge in [0, 0.05) is 6.04 Å². The fourth-order valence-corrected chi connectivity index (χ4v) is 7.33. The molecule has 6 atom stereocenters. The van der Waals surface area contributed by atoms with Gasteiger partial charge in [-0.05, 0) is 73.8 Å². The summed E-state index contributed by atoms with van der Waals surface area (Å²) >= 11 is 0. The fourth-order valence-electron chi connectivity index (χ4n) is 7.33. The summed E-state index contributed by atoms with van der Waals surface area (Å²) in [5.41, 5.74) is 1.49. The van der Waals surface area contributed by atoms with E-state index in [1.165, 1.54) is 19.4 Å². The molecule has 1 heterocycles. The van der Waals surface area contributed by atoms with E-state index in [2.05, 4.69) is 32.7 Å². The molecule has 1 heteroatoms. The largest absolute Gasteiger partial charge is 0.303 e. The molecule has 0 bridgehead atoms. The Bertz CT molecular complexity index is 363. The molecule has 0 aromatic heterocycles. The quantitative estimate of drug-likeness (QED) is 0.671. The lowest BCUT2D eigenvalue weighted by molar-refractivity contribution is 0.0268. The molecule has 5 unspecified atom stereocenters. The second-order valence-corrected chi connectivity index (χ2v) is 7.92. The van der Waals surface area contributed by atoms with Crippen molar-refractivity contribution in [3.63, 3.8) is 0 Å². The molecule has 4 aliphatic rings. The van der Waals surface area contributed by atoms with Crippen LogP contribution in [0.4, 0.5) is 0 Å². The van der Waals surface area contributed by atoms with Gasteiger partial charge in [0.2, 0.25) is 0 Å². The highest BCUT2D eigenvalue weighted by atomic mass is 15.2. The van der Waals surface area contributed by atoms with Crippen molar-refractivity contribution in [2.24, 2.45) is 34.5 Å². The smallest absolute Gasteiger partial charge is 0.0186 e. The molecular weight excluding hydrogens is 206 g/mol. The molecule has 3 aliphatic carbocycles. The normalized spacial score (nSPS) is 60.5. The molecule has 96 valence electrons. The zero-order chi connectivity index (χ0) is 12.0. The van der Waals surface area contributed by atoms with E-state index in [1.54, 1.807) is 12.8 Å². The summed E-state index contributed by atoms with van der Waals surface area (Å²) in [6.45, 7) is 8.94. The number of rotatable bonds is 1. The number of fused-ring (bicyclic) bond motifs is 3. The van der Waals surface area contributed by atoms with Crippen molar-refractivity contribution in [1.82, 2.24) is 4.90 Å². The average molecular weight is 233 g/mol. The molecule has 17 heavy (non-hydrogen) atoms. The molecule has 1 saturated heterocycles. The summed E-state index contributed by atoms with van der Waals surface area (Å²) in [6.07, 6.45) is 6.08. The molecule has 4 fully saturated rings. The highest BCUT2D eigenvalue weighted by molar-refractivity contribution is 5.36. The topological polar surface area (TPSA) is 3.24 Å². The molecule has 3 saturated carbocycles. The van der Waals surface area contributed by atoms with E-state index in [1.807, 2.05) is 0 Å². The van der Waals surface area contributed by atoms with Crippen LogP contribution in [0.15, 0.2) is 0 Å². The van der Waals surface area contributed by atoms with Crippen molar-refractivity contribution in [2.45, 2.75) is 52.5 Å². The minimum Gasteiger partial charge on any atom is -0.303 e. The SMILES string of the molecule is CC(C)C1C2(C)C3C(CCCN3C)C3CC[C@@]312. The molecule has 1 spiro atoms. The Morgan fingerprint density at radius 2 is 2.00 bits per heavy atom. The highest BCUT2D eigenvalue weighted by Crippen LogP contribution is 2.90. The van der Waals surface area contributed by atoms with Gasteiger partial charge in [-0.15, -0.1) is 0 Å². The molecule has 0 radical (unpaired) electrons.